The molecule has 2 aromatic rings. The Balaban J connectivity index is 2.01. The lowest BCUT2D eigenvalue weighted by molar-refractivity contribution is -0.137. The Morgan fingerprint density at radius 2 is 1.61 bits per heavy atom. The molecule has 0 spiro atoms. The van der Waals surface area contributed by atoms with Crippen molar-refractivity contribution in [3.05, 3.63) is 65.2 Å². The third-order valence-electron chi connectivity index (χ3n) is 7.23. The van der Waals surface area contributed by atoms with E-state index in [0.717, 1.165) is 23.3 Å². The fourth-order valence-electron chi connectivity index (χ4n) is 5.69. The van der Waals surface area contributed by atoms with E-state index in [0.29, 0.717) is 29.7 Å². The first kappa shape index (κ1) is 25.5. The van der Waals surface area contributed by atoms with Crippen molar-refractivity contribution in [3.63, 3.8) is 0 Å². The number of hydrogen-bond acceptors (Lipinski definition) is 4. The molecule has 2 aromatic carbocycles. The first-order valence-corrected chi connectivity index (χ1v) is 14.4. The number of hydrogen-bond donors (Lipinski definition) is 0. The minimum atomic E-state index is -2.17. The van der Waals surface area contributed by atoms with Gasteiger partial charge in [0.2, 0.25) is 8.32 Å². The molecule has 0 radical (unpaired) electrons. The molecule has 4 nitrogen and oxygen atoms in total. The maximum absolute atomic E-state index is 12.0. The maximum atomic E-state index is 12.0. The standard InChI is InChI=1S/C28H40O4Si/c1-19(2)33(20(3)4,21(5)6)32-28(25-17-27(29)31-18-25)24-14-13-23(26(16-24)30-7)15-22-11-9-8-10-12-22/h8-14,16,19-21,25,28H,15,17-18H2,1-7H3/t25-,28+/m1/s1. The van der Waals surface area contributed by atoms with Crippen LogP contribution >= 0.6 is 0 Å². The van der Waals surface area contributed by atoms with Crippen LogP contribution in [0.3, 0.4) is 0 Å². The first-order valence-electron chi connectivity index (χ1n) is 12.2. The predicted molar refractivity (Wildman–Crippen MR) is 136 cm³/mol. The van der Waals surface area contributed by atoms with E-state index in [1.807, 2.05) is 6.07 Å². The zero-order valence-electron chi connectivity index (χ0n) is 21.3. The van der Waals surface area contributed by atoms with Crippen molar-refractivity contribution in [3.8, 4) is 5.75 Å². The Bertz CT molecular complexity index is 901. The van der Waals surface area contributed by atoms with Crippen LogP contribution in [-0.4, -0.2) is 28.0 Å². The van der Waals surface area contributed by atoms with Crippen molar-refractivity contribution < 1.29 is 18.7 Å². The minimum Gasteiger partial charge on any atom is -0.496 e. The highest BCUT2D eigenvalue weighted by atomic mass is 28.4. The molecule has 0 amide bonds. The van der Waals surface area contributed by atoms with Gasteiger partial charge >= 0.3 is 5.97 Å². The molecule has 0 saturated carbocycles. The predicted octanol–water partition coefficient (Wildman–Crippen LogP) is 7.08. The molecule has 180 valence electrons. The summed E-state index contributed by atoms with van der Waals surface area (Å²) in [5, 5.41) is 0. The smallest absolute Gasteiger partial charge is 0.306 e. The number of ether oxygens (including phenoxy) is 2. The van der Waals surface area contributed by atoms with Gasteiger partial charge in [-0.2, -0.15) is 0 Å². The molecule has 1 saturated heterocycles. The SMILES string of the molecule is COc1cc([C@H](O[Si](C(C)C)(C(C)C)C(C)C)[C@H]2COC(=O)C2)ccc1Cc1ccccc1. The lowest BCUT2D eigenvalue weighted by Crippen LogP contribution is -2.49. The highest BCUT2D eigenvalue weighted by Gasteiger charge is 2.48. The Kier molecular flexibility index (Phi) is 8.41. The summed E-state index contributed by atoms with van der Waals surface area (Å²) in [5.74, 6) is 0.749. The molecule has 1 heterocycles. The van der Waals surface area contributed by atoms with E-state index in [1.54, 1.807) is 7.11 Å². The van der Waals surface area contributed by atoms with Gasteiger partial charge in [0.05, 0.1) is 26.2 Å². The summed E-state index contributed by atoms with van der Waals surface area (Å²) in [4.78, 5) is 12.0. The monoisotopic (exact) mass is 468 g/mol. The van der Waals surface area contributed by atoms with Crippen LogP contribution in [0.1, 0.15) is 70.8 Å². The third-order valence-corrected chi connectivity index (χ3v) is 13.3. The number of rotatable bonds is 10. The fourth-order valence-corrected chi connectivity index (χ4v) is 11.3. The van der Waals surface area contributed by atoms with Gasteiger partial charge < -0.3 is 13.9 Å². The normalized spacial score (nSPS) is 17.6. The second-order valence-corrected chi connectivity index (χ2v) is 15.6. The van der Waals surface area contributed by atoms with E-state index in [-0.39, 0.29) is 18.0 Å². The first-order chi connectivity index (χ1) is 15.7. The van der Waals surface area contributed by atoms with Crippen molar-refractivity contribution in [2.75, 3.05) is 13.7 Å². The molecule has 0 N–H and O–H groups in total. The lowest BCUT2D eigenvalue weighted by Gasteiger charge is -2.45. The van der Waals surface area contributed by atoms with Gasteiger partial charge in [0, 0.05) is 12.3 Å². The number of esters is 1. The van der Waals surface area contributed by atoms with E-state index >= 15 is 0 Å². The molecule has 33 heavy (non-hydrogen) atoms. The quantitative estimate of drug-likeness (QED) is 0.276. The number of methoxy groups -OCH3 is 1. The average molecular weight is 469 g/mol. The van der Waals surface area contributed by atoms with Crippen LogP contribution in [0.5, 0.6) is 5.75 Å². The second-order valence-electron chi connectivity index (χ2n) is 10.2. The molecule has 0 unspecified atom stereocenters. The maximum Gasteiger partial charge on any atom is 0.306 e. The zero-order chi connectivity index (χ0) is 24.2. The van der Waals surface area contributed by atoms with Gasteiger partial charge in [-0.3, -0.25) is 4.79 Å². The van der Waals surface area contributed by atoms with E-state index in [9.17, 15) is 4.79 Å². The largest absolute Gasteiger partial charge is 0.496 e. The summed E-state index contributed by atoms with van der Waals surface area (Å²) in [6.45, 7) is 14.2. The molecule has 0 bridgehead atoms. The Labute approximate surface area is 200 Å². The summed E-state index contributed by atoms with van der Waals surface area (Å²) < 4.78 is 18.5. The highest BCUT2D eigenvalue weighted by molar-refractivity contribution is 6.77. The van der Waals surface area contributed by atoms with E-state index < -0.39 is 8.32 Å². The molecule has 0 aliphatic carbocycles. The van der Waals surface area contributed by atoms with Crippen molar-refractivity contribution in [2.45, 2.75) is 77.1 Å². The Morgan fingerprint density at radius 1 is 0.970 bits per heavy atom. The van der Waals surface area contributed by atoms with Gasteiger partial charge in [0.1, 0.15) is 5.75 Å². The third kappa shape index (κ3) is 5.52. The topological polar surface area (TPSA) is 44.8 Å². The molecular weight excluding hydrogens is 428 g/mol. The van der Waals surface area contributed by atoms with Crippen molar-refractivity contribution >= 4 is 14.3 Å². The van der Waals surface area contributed by atoms with Gasteiger partial charge in [0.15, 0.2) is 0 Å². The van der Waals surface area contributed by atoms with Gasteiger partial charge in [-0.1, -0.05) is 84.0 Å². The van der Waals surface area contributed by atoms with Crippen LogP contribution < -0.4 is 4.74 Å². The molecule has 1 aliphatic rings. The van der Waals surface area contributed by atoms with E-state index in [4.69, 9.17) is 13.9 Å². The molecular formula is C28H40O4Si. The van der Waals surface area contributed by atoms with Crippen LogP contribution in [0, 0.1) is 5.92 Å². The summed E-state index contributed by atoms with van der Waals surface area (Å²) in [6, 6.07) is 16.9. The number of carbonyl (C=O) groups excluding carboxylic acids is 1. The van der Waals surface area contributed by atoms with Gasteiger partial charge in [-0.15, -0.1) is 0 Å². The number of benzene rings is 2. The summed E-state index contributed by atoms with van der Waals surface area (Å²) in [5.41, 5.74) is 4.83. The Hall–Kier alpha value is -2.11. The molecule has 5 heteroatoms. The summed E-state index contributed by atoms with van der Waals surface area (Å²) >= 11 is 0. The molecule has 0 aromatic heterocycles. The minimum absolute atomic E-state index is 0.0188. The van der Waals surface area contributed by atoms with Crippen molar-refractivity contribution in [1.29, 1.82) is 0 Å². The van der Waals surface area contributed by atoms with E-state index in [1.165, 1.54) is 5.56 Å². The molecule has 2 atom stereocenters. The second kappa shape index (κ2) is 10.9. The summed E-state index contributed by atoms with van der Waals surface area (Å²) in [6.07, 6.45) is 1.02. The molecule has 1 aliphatic heterocycles. The van der Waals surface area contributed by atoms with Crippen LogP contribution in [0.2, 0.25) is 16.6 Å². The van der Waals surface area contributed by atoms with Gasteiger partial charge in [-0.25, -0.2) is 0 Å². The lowest BCUT2D eigenvalue weighted by atomic mass is 9.93. The zero-order valence-corrected chi connectivity index (χ0v) is 22.3. The van der Waals surface area contributed by atoms with Gasteiger partial charge in [-0.05, 0) is 39.4 Å². The van der Waals surface area contributed by atoms with Crippen LogP contribution in [0.15, 0.2) is 48.5 Å². The number of carbonyl (C=O) groups is 1. The van der Waals surface area contributed by atoms with Crippen LogP contribution in [0.4, 0.5) is 0 Å². The van der Waals surface area contributed by atoms with Crippen molar-refractivity contribution in [1.82, 2.24) is 0 Å². The average Bonchev–Trinajstić information content (AvgIpc) is 3.21. The molecule has 1 fully saturated rings. The van der Waals surface area contributed by atoms with Crippen LogP contribution in [-0.2, 0) is 20.4 Å². The van der Waals surface area contributed by atoms with Crippen LogP contribution in [0.25, 0.3) is 0 Å². The highest BCUT2D eigenvalue weighted by Crippen LogP contribution is 2.48. The van der Waals surface area contributed by atoms with Crippen molar-refractivity contribution in [2.24, 2.45) is 5.92 Å². The fraction of sp³-hybridized carbons (Fsp3) is 0.536. The number of cyclic esters (lactones) is 1. The van der Waals surface area contributed by atoms with E-state index in [2.05, 4.69) is 84.0 Å². The Morgan fingerprint density at radius 3 is 2.12 bits per heavy atom. The van der Waals surface area contributed by atoms with Gasteiger partial charge in [0.25, 0.3) is 0 Å². The summed E-state index contributed by atoms with van der Waals surface area (Å²) in [7, 11) is -0.450. The molecule has 3 rings (SSSR count).